The predicted molar refractivity (Wildman–Crippen MR) is 145 cm³/mol. The van der Waals surface area contributed by atoms with Crippen molar-refractivity contribution in [2.45, 2.75) is 63.6 Å². The maximum atomic E-state index is 15.4. The molecular formula is C26H30ClFN6O3S. The van der Waals surface area contributed by atoms with Gasteiger partial charge in [-0.15, -0.1) is 22.0 Å². The molecule has 0 fully saturated rings. The average molecular weight is 561 g/mol. The smallest absolute Gasteiger partial charge is 0.405 e. The average Bonchev–Trinajstić information content (AvgIpc) is 3.27. The van der Waals surface area contributed by atoms with Crippen LogP contribution in [0, 0.1) is 11.7 Å². The van der Waals surface area contributed by atoms with E-state index in [2.05, 4.69) is 20.7 Å². The topological polar surface area (TPSA) is 113 Å². The van der Waals surface area contributed by atoms with Gasteiger partial charge in [-0.2, -0.15) is 4.80 Å². The maximum absolute atomic E-state index is 15.4. The molecule has 0 aliphatic carbocycles. The molecule has 38 heavy (non-hydrogen) atoms. The Bertz CT molecular complexity index is 1360. The van der Waals surface area contributed by atoms with E-state index in [1.54, 1.807) is 36.9 Å². The van der Waals surface area contributed by atoms with Crippen LogP contribution in [0.15, 0.2) is 41.3 Å². The van der Waals surface area contributed by atoms with Crippen molar-refractivity contribution in [3.05, 3.63) is 52.8 Å². The molecule has 0 radical (unpaired) electrons. The molecule has 1 aliphatic heterocycles. The monoisotopic (exact) mass is 560 g/mol. The van der Waals surface area contributed by atoms with Gasteiger partial charge in [-0.25, -0.2) is 9.18 Å². The second-order valence-electron chi connectivity index (χ2n) is 11.0. The van der Waals surface area contributed by atoms with Crippen molar-refractivity contribution in [2.24, 2.45) is 5.92 Å². The van der Waals surface area contributed by atoms with Gasteiger partial charge in [0, 0.05) is 21.2 Å². The zero-order valence-corrected chi connectivity index (χ0v) is 23.4. The zero-order valence-electron chi connectivity index (χ0n) is 21.8. The Hall–Kier alpha value is -3.18. The summed E-state index contributed by atoms with van der Waals surface area (Å²) in [6.45, 7) is 9.44. The summed E-state index contributed by atoms with van der Waals surface area (Å²) in [7, 11) is 0. The molecule has 2 heterocycles. The molecule has 0 bridgehead atoms. The Kier molecular flexibility index (Phi) is 7.72. The van der Waals surface area contributed by atoms with E-state index in [9.17, 15) is 14.7 Å². The number of thioether (sulfide) groups is 1. The molecule has 12 heteroatoms. The number of hydrogen-bond donors (Lipinski definition) is 2. The van der Waals surface area contributed by atoms with Gasteiger partial charge in [0.25, 0.3) is 0 Å². The highest BCUT2D eigenvalue weighted by Gasteiger charge is 2.36. The number of carbonyl (C=O) groups is 2. The Labute approximate surface area is 229 Å². The summed E-state index contributed by atoms with van der Waals surface area (Å²) < 4.78 is 15.4. The van der Waals surface area contributed by atoms with Crippen molar-refractivity contribution in [3.63, 3.8) is 0 Å². The predicted octanol–water partition coefficient (Wildman–Crippen LogP) is 5.58. The SMILES string of the molecule is CC(C)(C[C@H]1CSc2cc(F)c(-c3nnn(C(C)(C)C)n3)cc2N(Cc2ccc(Cl)cc2)C1=O)NC(=O)O. The summed E-state index contributed by atoms with van der Waals surface area (Å²) in [4.78, 5) is 28.9. The third-order valence-electron chi connectivity index (χ3n) is 6.11. The quantitative estimate of drug-likeness (QED) is 0.404. The van der Waals surface area contributed by atoms with Gasteiger partial charge in [0.05, 0.1) is 29.3 Å². The number of fused-ring (bicyclic) bond motifs is 1. The van der Waals surface area contributed by atoms with Crippen LogP contribution in [0.3, 0.4) is 0 Å². The molecule has 1 atom stereocenters. The summed E-state index contributed by atoms with van der Waals surface area (Å²) >= 11 is 7.43. The van der Waals surface area contributed by atoms with Crippen molar-refractivity contribution >= 4 is 41.1 Å². The number of carbonyl (C=O) groups excluding carboxylic acids is 1. The molecule has 0 saturated heterocycles. The highest BCUT2D eigenvalue weighted by molar-refractivity contribution is 7.99. The van der Waals surface area contributed by atoms with Crippen molar-refractivity contribution in [1.82, 2.24) is 25.5 Å². The molecule has 2 aromatic carbocycles. The van der Waals surface area contributed by atoms with Gasteiger partial charge in [0.15, 0.2) is 0 Å². The van der Waals surface area contributed by atoms with Crippen molar-refractivity contribution < 1.29 is 19.1 Å². The Morgan fingerprint density at radius 2 is 1.89 bits per heavy atom. The second kappa shape index (κ2) is 10.5. The third kappa shape index (κ3) is 6.27. The van der Waals surface area contributed by atoms with Crippen molar-refractivity contribution in [3.8, 4) is 11.4 Å². The molecule has 3 aromatic rings. The number of tetrazole rings is 1. The first-order valence-corrected chi connectivity index (χ1v) is 13.4. The normalized spacial score (nSPS) is 16.2. The van der Waals surface area contributed by atoms with Crippen LogP contribution in [0.2, 0.25) is 5.02 Å². The number of halogens is 2. The molecular weight excluding hydrogens is 531 g/mol. The number of amides is 2. The van der Waals surface area contributed by atoms with Crippen molar-refractivity contribution in [1.29, 1.82) is 0 Å². The molecule has 9 nitrogen and oxygen atoms in total. The summed E-state index contributed by atoms with van der Waals surface area (Å²) in [6, 6.07) is 10.2. The van der Waals surface area contributed by atoms with Crippen LogP contribution in [-0.2, 0) is 16.9 Å². The number of nitrogens with zero attached hydrogens (tertiary/aromatic N) is 5. The van der Waals surface area contributed by atoms with Crippen LogP contribution in [0.5, 0.6) is 0 Å². The van der Waals surface area contributed by atoms with Gasteiger partial charge in [0.2, 0.25) is 11.7 Å². The van der Waals surface area contributed by atoms with Crippen LogP contribution in [0.4, 0.5) is 14.9 Å². The van der Waals surface area contributed by atoms with Gasteiger partial charge in [-0.05, 0) is 76.1 Å². The number of hydrogen-bond acceptors (Lipinski definition) is 6. The minimum absolute atomic E-state index is 0.122. The summed E-state index contributed by atoms with van der Waals surface area (Å²) in [6.07, 6.45) is -0.889. The molecule has 1 aromatic heterocycles. The van der Waals surface area contributed by atoms with Crippen LogP contribution in [-0.4, -0.2) is 48.6 Å². The lowest BCUT2D eigenvalue weighted by molar-refractivity contribution is -0.122. The lowest BCUT2D eigenvalue weighted by Gasteiger charge is -2.31. The van der Waals surface area contributed by atoms with Crippen LogP contribution in [0.25, 0.3) is 11.4 Å². The third-order valence-corrected chi connectivity index (χ3v) is 7.56. The van der Waals surface area contributed by atoms with E-state index in [0.717, 1.165) is 5.56 Å². The largest absolute Gasteiger partial charge is 0.465 e. The minimum atomic E-state index is -1.16. The highest BCUT2D eigenvalue weighted by atomic mass is 35.5. The van der Waals surface area contributed by atoms with E-state index < -0.39 is 28.9 Å². The van der Waals surface area contributed by atoms with Crippen LogP contribution < -0.4 is 10.2 Å². The Balaban J connectivity index is 1.77. The lowest BCUT2D eigenvalue weighted by Crippen LogP contribution is -2.47. The van der Waals surface area contributed by atoms with E-state index in [1.807, 2.05) is 32.9 Å². The first kappa shape index (κ1) is 27.8. The lowest BCUT2D eigenvalue weighted by atomic mass is 9.90. The number of benzene rings is 2. The first-order valence-electron chi connectivity index (χ1n) is 12.1. The van der Waals surface area contributed by atoms with Gasteiger partial charge in [-0.3, -0.25) is 4.79 Å². The summed E-state index contributed by atoms with van der Waals surface area (Å²) in [5.74, 6) is -0.736. The van der Waals surface area contributed by atoms with E-state index in [-0.39, 0.29) is 30.3 Å². The minimum Gasteiger partial charge on any atom is -0.465 e. The molecule has 1 aliphatic rings. The molecule has 2 N–H and O–H groups in total. The van der Waals surface area contributed by atoms with Crippen molar-refractivity contribution in [2.75, 3.05) is 10.7 Å². The Morgan fingerprint density at radius 1 is 1.21 bits per heavy atom. The fourth-order valence-electron chi connectivity index (χ4n) is 4.29. The molecule has 2 amide bonds. The van der Waals surface area contributed by atoms with Crippen LogP contribution >= 0.6 is 23.4 Å². The van der Waals surface area contributed by atoms with Gasteiger partial charge >= 0.3 is 6.09 Å². The van der Waals surface area contributed by atoms with Gasteiger partial charge in [-0.1, -0.05) is 23.7 Å². The van der Waals surface area contributed by atoms with E-state index in [0.29, 0.717) is 21.4 Å². The first-order chi connectivity index (χ1) is 17.7. The number of carboxylic acid groups (broad SMARTS) is 1. The fourth-order valence-corrected chi connectivity index (χ4v) is 5.56. The molecule has 0 saturated carbocycles. The standard InChI is InChI=1S/C26H30ClFN6O3S/c1-25(2,3)34-31-22(30-32-34)18-10-20-21(11-19(18)28)38-14-16(12-26(4,5)29-24(36)37)23(35)33(20)13-15-6-8-17(27)9-7-15/h6-11,16,29H,12-14H2,1-5H3,(H,36,37)/t16-/m0/s1. The number of rotatable bonds is 6. The molecule has 4 rings (SSSR count). The maximum Gasteiger partial charge on any atom is 0.405 e. The van der Waals surface area contributed by atoms with E-state index in [4.69, 9.17) is 11.6 Å². The molecule has 0 unspecified atom stereocenters. The van der Waals surface area contributed by atoms with E-state index >= 15 is 4.39 Å². The molecule has 0 spiro atoms. The number of aromatic nitrogens is 4. The number of anilines is 1. The summed E-state index contributed by atoms with van der Waals surface area (Å²) in [5, 5.41) is 24.8. The Morgan fingerprint density at radius 3 is 2.50 bits per heavy atom. The number of nitrogens with one attached hydrogen (secondary N) is 1. The highest BCUT2D eigenvalue weighted by Crippen LogP contribution is 2.42. The van der Waals surface area contributed by atoms with E-state index in [1.165, 1.54) is 22.6 Å². The van der Waals surface area contributed by atoms with Gasteiger partial charge in [0.1, 0.15) is 5.82 Å². The second-order valence-corrected chi connectivity index (χ2v) is 12.4. The fraction of sp³-hybridized carbons (Fsp3) is 0.423. The molecule has 202 valence electrons. The van der Waals surface area contributed by atoms with Gasteiger partial charge < -0.3 is 15.3 Å². The van der Waals surface area contributed by atoms with Crippen LogP contribution in [0.1, 0.15) is 46.6 Å². The zero-order chi connectivity index (χ0) is 27.8. The summed E-state index contributed by atoms with van der Waals surface area (Å²) in [5.41, 5.74) is 0.222.